The maximum Gasteiger partial charge on any atom is 0.405 e. The van der Waals surface area contributed by atoms with E-state index in [0.29, 0.717) is 5.69 Å². The van der Waals surface area contributed by atoms with Crippen molar-refractivity contribution in [3.05, 3.63) is 23.8 Å². The van der Waals surface area contributed by atoms with Crippen molar-refractivity contribution in [2.24, 2.45) is 0 Å². The molecule has 2 N–H and O–H groups in total. The van der Waals surface area contributed by atoms with Crippen LogP contribution < -0.4 is 15.5 Å². The summed E-state index contributed by atoms with van der Waals surface area (Å²) in [6.45, 7) is -1.58. The Hall–Kier alpha value is -2.78. The van der Waals surface area contributed by atoms with E-state index < -0.39 is 31.2 Å². The van der Waals surface area contributed by atoms with Crippen molar-refractivity contribution in [2.45, 2.75) is 25.1 Å². The van der Waals surface area contributed by atoms with Gasteiger partial charge in [-0.2, -0.15) is 13.2 Å². The second-order valence-corrected chi connectivity index (χ2v) is 6.04. The number of ether oxygens (including phenoxy) is 1. The molecule has 0 aromatic heterocycles. The molecular weight excluding hydrogens is 355 g/mol. The van der Waals surface area contributed by atoms with Crippen molar-refractivity contribution in [1.82, 2.24) is 5.32 Å². The SMILES string of the molecule is O=C(COC(=O)c1ccc2c(c1)NC(=O)[C@H]1CCCN21)NCC(F)(F)F. The third-order valence-electron chi connectivity index (χ3n) is 4.18. The van der Waals surface area contributed by atoms with Gasteiger partial charge in [0.1, 0.15) is 12.6 Å². The first-order valence-corrected chi connectivity index (χ1v) is 7.97. The second-order valence-electron chi connectivity index (χ2n) is 6.04. The van der Waals surface area contributed by atoms with Crippen LogP contribution in [0.1, 0.15) is 23.2 Å². The van der Waals surface area contributed by atoms with Crippen molar-refractivity contribution >= 4 is 29.2 Å². The first-order valence-electron chi connectivity index (χ1n) is 7.97. The largest absolute Gasteiger partial charge is 0.452 e. The maximum atomic E-state index is 12.1. The number of nitrogens with zero attached hydrogens (tertiary/aromatic N) is 1. The highest BCUT2D eigenvalue weighted by molar-refractivity contribution is 6.05. The minimum Gasteiger partial charge on any atom is -0.452 e. The Morgan fingerprint density at radius 3 is 2.85 bits per heavy atom. The number of nitrogens with one attached hydrogen (secondary N) is 2. The lowest BCUT2D eigenvalue weighted by Gasteiger charge is -2.33. The Balaban J connectivity index is 1.62. The number of amides is 2. The van der Waals surface area contributed by atoms with Crippen LogP contribution in [0.15, 0.2) is 18.2 Å². The lowest BCUT2D eigenvalue weighted by molar-refractivity contribution is -0.140. The zero-order valence-corrected chi connectivity index (χ0v) is 13.6. The molecule has 7 nitrogen and oxygen atoms in total. The van der Waals surface area contributed by atoms with Gasteiger partial charge in [-0.3, -0.25) is 9.59 Å². The van der Waals surface area contributed by atoms with E-state index in [4.69, 9.17) is 4.74 Å². The number of hydrogen-bond acceptors (Lipinski definition) is 5. The normalized spacial score (nSPS) is 18.7. The van der Waals surface area contributed by atoms with E-state index in [1.54, 1.807) is 11.4 Å². The number of carbonyl (C=O) groups is 3. The van der Waals surface area contributed by atoms with E-state index in [9.17, 15) is 27.6 Å². The van der Waals surface area contributed by atoms with Crippen molar-refractivity contribution < 1.29 is 32.3 Å². The second kappa shape index (κ2) is 6.85. The Morgan fingerprint density at radius 1 is 1.35 bits per heavy atom. The smallest absolute Gasteiger partial charge is 0.405 e. The van der Waals surface area contributed by atoms with Crippen LogP contribution in [0, 0.1) is 0 Å². The quantitative estimate of drug-likeness (QED) is 0.782. The summed E-state index contributed by atoms with van der Waals surface area (Å²) in [6.07, 6.45) is -2.87. The fourth-order valence-corrected chi connectivity index (χ4v) is 3.02. The number of alkyl halides is 3. The van der Waals surface area contributed by atoms with E-state index >= 15 is 0 Å². The van der Waals surface area contributed by atoms with Crippen LogP contribution in [0.4, 0.5) is 24.5 Å². The molecule has 2 heterocycles. The minimum atomic E-state index is -4.54. The van der Waals surface area contributed by atoms with Gasteiger partial charge in [0.2, 0.25) is 5.91 Å². The molecule has 2 aliphatic heterocycles. The van der Waals surface area contributed by atoms with Gasteiger partial charge in [-0.05, 0) is 31.0 Å². The fourth-order valence-electron chi connectivity index (χ4n) is 3.02. The van der Waals surface area contributed by atoms with Gasteiger partial charge in [0.15, 0.2) is 6.61 Å². The third-order valence-corrected chi connectivity index (χ3v) is 4.18. The first-order chi connectivity index (χ1) is 12.2. The molecule has 10 heteroatoms. The first kappa shape index (κ1) is 18.0. The summed E-state index contributed by atoms with van der Waals surface area (Å²) < 4.78 is 40.7. The molecule has 0 saturated carbocycles. The number of anilines is 2. The minimum absolute atomic E-state index is 0.0883. The fraction of sp³-hybridized carbons (Fsp3) is 0.438. The summed E-state index contributed by atoms with van der Waals surface area (Å²) in [5.74, 6) is -2.07. The average molecular weight is 371 g/mol. The molecule has 2 amide bonds. The molecule has 26 heavy (non-hydrogen) atoms. The maximum absolute atomic E-state index is 12.1. The van der Waals surface area contributed by atoms with Crippen LogP contribution in [0.5, 0.6) is 0 Å². The monoisotopic (exact) mass is 371 g/mol. The van der Waals surface area contributed by atoms with Gasteiger partial charge in [-0.25, -0.2) is 4.79 Å². The van der Waals surface area contributed by atoms with Crippen LogP contribution >= 0.6 is 0 Å². The summed E-state index contributed by atoms with van der Waals surface area (Å²) in [7, 11) is 0. The summed E-state index contributed by atoms with van der Waals surface area (Å²) in [4.78, 5) is 37.3. The van der Waals surface area contributed by atoms with Crippen molar-refractivity contribution in [2.75, 3.05) is 29.9 Å². The lowest BCUT2D eigenvalue weighted by Crippen LogP contribution is -2.43. The molecule has 1 atom stereocenters. The number of esters is 1. The van der Waals surface area contributed by atoms with Gasteiger partial charge >= 0.3 is 12.1 Å². The van der Waals surface area contributed by atoms with Gasteiger partial charge in [0.25, 0.3) is 5.91 Å². The lowest BCUT2D eigenvalue weighted by atomic mass is 10.1. The third kappa shape index (κ3) is 3.89. The Morgan fingerprint density at radius 2 is 2.12 bits per heavy atom. The molecule has 0 spiro atoms. The molecule has 2 aliphatic rings. The van der Waals surface area contributed by atoms with Crippen molar-refractivity contribution in [3.63, 3.8) is 0 Å². The summed E-state index contributed by atoms with van der Waals surface area (Å²) in [5.41, 5.74) is 1.35. The summed E-state index contributed by atoms with van der Waals surface area (Å²) in [5, 5.41) is 4.34. The number of halogens is 3. The number of rotatable bonds is 4. The molecule has 1 fully saturated rings. The van der Waals surface area contributed by atoms with Gasteiger partial charge in [-0.1, -0.05) is 0 Å². The highest BCUT2D eigenvalue weighted by Gasteiger charge is 2.36. The van der Waals surface area contributed by atoms with E-state index in [1.165, 1.54) is 12.1 Å². The van der Waals surface area contributed by atoms with Crippen LogP contribution in [0.2, 0.25) is 0 Å². The molecular formula is C16H16F3N3O4. The van der Waals surface area contributed by atoms with E-state index in [0.717, 1.165) is 25.1 Å². The van der Waals surface area contributed by atoms with Crippen molar-refractivity contribution in [3.8, 4) is 0 Å². The van der Waals surface area contributed by atoms with Gasteiger partial charge in [0.05, 0.1) is 16.9 Å². The summed E-state index contributed by atoms with van der Waals surface area (Å²) in [6, 6.07) is 4.38. The summed E-state index contributed by atoms with van der Waals surface area (Å²) >= 11 is 0. The molecule has 0 aliphatic carbocycles. The Bertz CT molecular complexity index is 751. The van der Waals surface area contributed by atoms with E-state index in [1.807, 2.05) is 4.90 Å². The number of fused-ring (bicyclic) bond motifs is 3. The molecule has 3 rings (SSSR count). The van der Waals surface area contributed by atoms with E-state index in [2.05, 4.69) is 5.32 Å². The molecule has 0 radical (unpaired) electrons. The number of hydrogen-bond donors (Lipinski definition) is 2. The average Bonchev–Trinajstić information content (AvgIpc) is 3.07. The molecule has 1 aromatic carbocycles. The topological polar surface area (TPSA) is 87.7 Å². The van der Waals surface area contributed by atoms with E-state index in [-0.39, 0.29) is 17.5 Å². The molecule has 140 valence electrons. The van der Waals surface area contributed by atoms with Crippen LogP contribution in [-0.4, -0.2) is 49.7 Å². The molecule has 0 unspecified atom stereocenters. The Labute approximate surface area is 146 Å². The molecule has 1 saturated heterocycles. The van der Waals surface area contributed by atoms with Crippen molar-refractivity contribution in [1.29, 1.82) is 0 Å². The van der Waals surface area contributed by atoms with Gasteiger partial charge < -0.3 is 20.3 Å². The number of benzene rings is 1. The highest BCUT2D eigenvalue weighted by atomic mass is 19.4. The van der Waals surface area contributed by atoms with Crippen LogP contribution in [0.25, 0.3) is 0 Å². The zero-order valence-electron chi connectivity index (χ0n) is 13.6. The Kier molecular flexibility index (Phi) is 4.75. The van der Waals surface area contributed by atoms with Crippen LogP contribution in [-0.2, 0) is 14.3 Å². The molecule has 0 bridgehead atoms. The zero-order chi connectivity index (χ0) is 18.9. The molecule has 1 aromatic rings. The van der Waals surface area contributed by atoms with Gasteiger partial charge in [0, 0.05) is 6.54 Å². The van der Waals surface area contributed by atoms with Gasteiger partial charge in [-0.15, -0.1) is 0 Å². The standard InChI is InChI=1S/C16H16F3N3O4/c17-16(18,19)8-20-13(23)7-26-15(25)9-3-4-11-10(6-9)21-14(24)12-2-1-5-22(11)12/h3-4,6,12H,1-2,5,7-8H2,(H,20,23)(H,21,24)/t12-/m1/s1. The predicted molar refractivity (Wildman–Crippen MR) is 84.8 cm³/mol. The predicted octanol–water partition coefficient (Wildman–Crippen LogP) is 1.44. The highest BCUT2D eigenvalue weighted by Crippen LogP contribution is 2.37. The van der Waals surface area contributed by atoms with Crippen LogP contribution in [0.3, 0.4) is 0 Å². The number of carbonyl (C=O) groups excluding carboxylic acids is 3.